The van der Waals surface area contributed by atoms with Crippen molar-refractivity contribution < 1.29 is 17.9 Å². The summed E-state index contributed by atoms with van der Waals surface area (Å²) in [5.41, 5.74) is 0.0769. The molecule has 1 atom stereocenters. The fourth-order valence-corrected chi connectivity index (χ4v) is 3.69. The molecule has 1 saturated heterocycles. The van der Waals surface area contributed by atoms with Crippen LogP contribution in [0.5, 0.6) is 0 Å². The van der Waals surface area contributed by atoms with Crippen LogP contribution in [-0.2, 0) is 10.9 Å². The number of ether oxygens (including phenoxy) is 1. The first-order valence-corrected chi connectivity index (χ1v) is 8.62. The van der Waals surface area contributed by atoms with E-state index in [1.807, 2.05) is 11.4 Å². The molecule has 1 aliphatic heterocycles. The Balaban J connectivity index is 1.58. The molecule has 25 heavy (non-hydrogen) atoms. The molecule has 4 nitrogen and oxygen atoms in total. The highest BCUT2D eigenvalue weighted by molar-refractivity contribution is 7.16. The molecule has 3 heterocycles. The van der Waals surface area contributed by atoms with E-state index in [1.54, 1.807) is 11.3 Å². The summed E-state index contributed by atoms with van der Waals surface area (Å²) in [4.78, 5) is 11.7. The highest BCUT2D eigenvalue weighted by atomic mass is 32.1. The van der Waals surface area contributed by atoms with Crippen LogP contribution >= 0.6 is 11.3 Å². The first-order chi connectivity index (χ1) is 12.0. The number of benzene rings is 1. The van der Waals surface area contributed by atoms with Gasteiger partial charge in [-0.2, -0.15) is 13.2 Å². The first-order valence-electron chi connectivity index (χ1n) is 7.74. The number of rotatable bonds is 2. The Morgan fingerprint density at radius 1 is 1.12 bits per heavy atom. The minimum atomic E-state index is -4.33. The van der Waals surface area contributed by atoms with Crippen molar-refractivity contribution in [1.29, 1.82) is 0 Å². The molecule has 2 aromatic heterocycles. The van der Waals surface area contributed by atoms with E-state index in [2.05, 4.69) is 14.9 Å². The summed E-state index contributed by atoms with van der Waals surface area (Å²) in [6, 6.07) is 7.14. The van der Waals surface area contributed by atoms with E-state index < -0.39 is 11.7 Å². The molecule has 8 heteroatoms. The number of thiophene rings is 1. The number of alkyl halides is 3. The summed E-state index contributed by atoms with van der Waals surface area (Å²) in [7, 11) is 0. The summed E-state index contributed by atoms with van der Waals surface area (Å²) in [5.74, 6) is 0.839. The Hall–Kier alpha value is -2.19. The molecule has 0 bridgehead atoms. The number of halogens is 3. The molecule has 4 rings (SSSR count). The van der Waals surface area contributed by atoms with E-state index in [1.165, 1.54) is 18.5 Å². The van der Waals surface area contributed by atoms with Crippen LogP contribution in [0, 0.1) is 0 Å². The molecule has 1 fully saturated rings. The van der Waals surface area contributed by atoms with E-state index in [0.29, 0.717) is 19.7 Å². The van der Waals surface area contributed by atoms with E-state index in [9.17, 15) is 13.2 Å². The average molecular weight is 365 g/mol. The number of aromatic nitrogens is 2. The van der Waals surface area contributed by atoms with E-state index in [-0.39, 0.29) is 6.10 Å². The Labute approximate surface area is 145 Å². The van der Waals surface area contributed by atoms with Gasteiger partial charge >= 0.3 is 6.18 Å². The van der Waals surface area contributed by atoms with Crippen LogP contribution in [0.2, 0.25) is 0 Å². The highest BCUT2D eigenvalue weighted by Gasteiger charge is 2.31. The predicted octanol–water partition coefficient (Wildman–Crippen LogP) is 4.29. The molecule has 0 spiro atoms. The van der Waals surface area contributed by atoms with Crippen molar-refractivity contribution in [3.8, 4) is 0 Å². The minimum Gasteiger partial charge on any atom is -0.370 e. The lowest BCUT2D eigenvalue weighted by atomic mass is 10.0. The van der Waals surface area contributed by atoms with Gasteiger partial charge in [0.05, 0.1) is 17.6 Å². The second-order valence-electron chi connectivity index (χ2n) is 5.76. The number of anilines is 1. The third-order valence-corrected chi connectivity index (χ3v) is 5.04. The van der Waals surface area contributed by atoms with Crippen LogP contribution in [0.4, 0.5) is 19.0 Å². The van der Waals surface area contributed by atoms with Crippen molar-refractivity contribution in [3.63, 3.8) is 0 Å². The Bertz CT molecular complexity index is 879. The van der Waals surface area contributed by atoms with Gasteiger partial charge in [-0.1, -0.05) is 12.1 Å². The SMILES string of the molecule is FC(F)(F)c1ccc(C2CN(c3ncnc4sccc34)CCO2)cc1. The van der Waals surface area contributed by atoms with Crippen molar-refractivity contribution in [2.75, 3.05) is 24.6 Å². The van der Waals surface area contributed by atoms with Crippen LogP contribution in [0.15, 0.2) is 42.0 Å². The average Bonchev–Trinajstić information content (AvgIpc) is 3.10. The Morgan fingerprint density at radius 3 is 2.68 bits per heavy atom. The van der Waals surface area contributed by atoms with Gasteiger partial charge in [0.1, 0.15) is 23.1 Å². The lowest BCUT2D eigenvalue weighted by Gasteiger charge is -2.34. The Kier molecular flexibility index (Phi) is 4.09. The minimum absolute atomic E-state index is 0.292. The van der Waals surface area contributed by atoms with Crippen molar-refractivity contribution >= 4 is 27.4 Å². The number of fused-ring (bicyclic) bond motifs is 1. The maximum Gasteiger partial charge on any atom is 0.416 e. The molecule has 0 amide bonds. The van der Waals surface area contributed by atoms with Gasteiger partial charge in [-0.15, -0.1) is 11.3 Å². The van der Waals surface area contributed by atoms with E-state index in [4.69, 9.17) is 4.74 Å². The normalized spacial score (nSPS) is 18.7. The topological polar surface area (TPSA) is 38.2 Å². The third-order valence-electron chi connectivity index (χ3n) is 4.22. The molecule has 3 aromatic rings. The molecule has 0 radical (unpaired) electrons. The predicted molar refractivity (Wildman–Crippen MR) is 89.8 cm³/mol. The third kappa shape index (κ3) is 3.19. The molecule has 1 aromatic carbocycles. The van der Waals surface area contributed by atoms with Crippen LogP contribution < -0.4 is 4.90 Å². The zero-order valence-electron chi connectivity index (χ0n) is 13.0. The quantitative estimate of drug-likeness (QED) is 0.679. The second-order valence-corrected chi connectivity index (χ2v) is 6.66. The standard InChI is InChI=1S/C17H14F3N3OS/c18-17(19,20)12-3-1-11(2-4-12)14-9-23(6-7-24-14)15-13-5-8-25-16(13)22-10-21-15/h1-5,8,10,14H,6-7,9H2. The molecular formula is C17H14F3N3OS. The summed E-state index contributed by atoms with van der Waals surface area (Å²) in [5, 5.41) is 2.96. The summed E-state index contributed by atoms with van der Waals surface area (Å²) >= 11 is 1.55. The second kappa shape index (κ2) is 6.27. The molecule has 1 unspecified atom stereocenters. The van der Waals surface area contributed by atoms with Crippen LogP contribution in [0.1, 0.15) is 17.2 Å². The zero-order valence-corrected chi connectivity index (χ0v) is 13.8. The van der Waals surface area contributed by atoms with E-state index in [0.717, 1.165) is 33.7 Å². The molecule has 130 valence electrons. The van der Waals surface area contributed by atoms with Crippen molar-refractivity contribution in [2.45, 2.75) is 12.3 Å². The van der Waals surface area contributed by atoms with Crippen LogP contribution in [0.25, 0.3) is 10.2 Å². The smallest absolute Gasteiger partial charge is 0.370 e. The van der Waals surface area contributed by atoms with Gasteiger partial charge in [-0.25, -0.2) is 9.97 Å². The van der Waals surface area contributed by atoms with Crippen molar-refractivity contribution in [2.24, 2.45) is 0 Å². The number of hydrogen-bond acceptors (Lipinski definition) is 5. The van der Waals surface area contributed by atoms with Gasteiger partial charge in [0, 0.05) is 13.1 Å². The van der Waals surface area contributed by atoms with Crippen molar-refractivity contribution in [3.05, 3.63) is 53.2 Å². The molecule has 0 N–H and O–H groups in total. The largest absolute Gasteiger partial charge is 0.416 e. The van der Waals surface area contributed by atoms with Gasteiger partial charge in [0.15, 0.2) is 0 Å². The first kappa shape index (κ1) is 16.3. The lowest BCUT2D eigenvalue weighted by molar-refractivity contribution is -0.137. The van der Waals surface area contributed by atoms with E-state index >= 15 is 0 Å². The monoisotopic (exact) mass is 365 g/mol. The van der Waals surface area contributed by atoms with Gasteiger partial charge in [0.25, 0.3) is 0 Å². The van der Waals surface area contributed by atoms with Gasteiger partial charge in [0.2, 0.25) is 0 Å². The lowest BCUT2D eigenvalue weighted by Crippen LogP contribution is -2.39. The number of nitrogens with zero attached hydrogens (tertiary/aromatic N) is 3. The molecule has 1 aliphatic rings. The van der Waals surface area contributed by atoms with Gasteiger partial charge < -0.3 is 9.64 Å². The number of hydrogen-bond donors (Lipinski definition) is 0. The maximum absolute atomic E-state index is 12.7. The maximum atomic E-state index is 12.7. The molecular weight excluding hydrogens is 351 g/mol. The summed E-state index contributed by atoms with van der Waals surface area (Å²) in [6.07, 6.45) is -3.08. The Morgan fingerprint density at radius 2 is 1.92 bits per heavy atom. The van der Waals surface area contributed by atoms with Gasteiger partial charge in [-0.05, 0) is 29.1 Å². The number of morpholine rings is 1. The van der Waals surface area contributed by atoms with Crippen LogP contribution in [0.3, 0.4) is 0 Å². The zero-order chi connectivity index (χ0) is 17.4. The fourth-order valence-electron chi connectivity index (χ4n) is 2.96. The fraction of sp³-hybridized carbons (Fsp3) is 0.294. The summed E-state index contributed by atoms with van der Waals surface area (Å²) < 4.78 is 43.9. The molecule has 0 aliphatic carbocycles. The summed E-state index contributed by atoms with van der Waals surface area (Å²) in [6.45, 7) is 1.70. The van der Waals surface area contributed by atoms with Gasteiger partial charge in [-0.3, -0.25) is 0 Å². The molecule has 0 saturated carbocycles. The van der Waals surface area contributed by atoms with Crippen LogP contribution in [-0.4, -0.2) is 29.7 Å². The van der Waals surface area contributed by atoms with Crippen molar-refractivity contribution in [1.82, 2.24) is 9.97 Å². The highest BCUT2D eigenvalue weighted by Crippen LogP contribution is 2.33.